The number of morpholine rings is 1. The number of carbonyl (C=O) groups is 1. The second-order valence-electron chi connectivity index (χ2n) is 6.34. The molecule has 0 atom stereocenters. The normalized spacial score (nSPS) is 14.6. The van der Waals surface area contributed by atoms with E-state index in [1.165, 1.54) is 0 Å². The summed E-state index contributed by atoms with van der Waals surface area (Å²) in [6.45, 7) is 5.86. The van der Waals surface area contributed by atoms with E-state index in [2.05, 4.69) is 11.0 Å². The van der Waals surface area contributed by atoms with E-state index in [1.54, 1.807) is 12.1 Å². The summed E-state index contributed by atoms with van der Waals surface area (Å²) in [4.78, 5) is 14.7. The number of halogens is 1. The minimum Gasteiger partial charge on any atom is -0.461 e. The van der Waals surface area contributed by atoms with Crippen LogP contribution in [0.1, 0.15) is 21.5 Å². The SMILES string of the molecule is Cc1c(-c2ccccc2Cl)ccc(C(=O)OCCN2CCOCC2)c1C#N. The van der Waals surface area contributed by atoms with Crippen molar-refractivity contribution in [2.24, 2.45) is 0 Å². The molecule has 0 aromatic heterocycles. The van der Waals surface area contributed by atoms with Gasteiger partial charge in [0.1, 0.15) is 12.7 Å². The summed E-state index contributed by atoms with van der Waals surface area (Å²) in [5.74, 6) is -0.478. The van der Waals surface area contributed by atoms with Gasteiger partial charge in [0.05, 0.1) is 24.3 Å². The standard InChI is InChI=1S/C21H21ClN2O3/c1-15-16(17-4-2-3-5-20(17)22)6-7-18(19(15)14-23)21(25)27-13-10-24-8-11-26-12-9-24/h2-7H,8-13H2,1H3. The summed E-state index contributed by atoms with van der Waals surface area (Å²) in [6, 6.07) is 13.0. The van der Waals surface area contributed by atoms with Crippen LogP contribution in [0.2, 0.25) is 5.02 Å². The predicted octanol–water partition coefficient (Wildman–Crippen LogP) is 3.68. The van der Waals surface area contributed by atoms with Crippen molar-refractivity contribution in [3.63, 3.8) is 0 Å². The number of hydrogen-bond donors (Lipinski definition) is 0. The van der Waals surface area contributed by atoms with Gasteiger partial charge in [0, 0.05) is 30.2 Å². The first kappa shape index (κ1) is 19.4. The smallest absolute Gasteiger partial charge is 0.339 e. The minimum atomic E-state index is -0.478. The van der Waals surface area contributed by atoms with E-state index in [-0.39, 0.29) is 12.2 Å². The summed E-state index contributed by atoms with van der Waals surface area (Å²) in [7, 11) is 0. The fourth-order valence-corrected chi connectivity index (χ4v) is 3.40. The van der Waals surface area contributed by atoms with Gasteiger partial charge in [-0.05, 0) is 30.2 Å². The summed E-state index contributed by atoms with van der Waals surface area (Å²) < 4.78 is 10.7. The Labute approximate surface area is 164 Å². The lowest BCUT2D eigenvalue weighted by Gasteiger charge is -2.26. The second kappa shape index (κ2) is 9.01. The van der Waals surface area contributed by atoms with Crippen molar-refractivity contribution in [1.29, 1.82) is 5.26 Å². The molecule has 1 fully saturated rings. The van der Waals surface area contributed by atoms with Gasteiger partial charge in [0.2, 0.25) is 0 Å². The van der Waals surface area contributed by atoms with Gasteiger partial charge in [-0.25, -0.2) is 4.79 Å². The van der Waals surface area contributed by atoms with Crippen molar-refractivity contribution < 1.29 is 14.3 Å². The Hall–Kier alpha value is -2.39. The number of benzene rings is 2. The third-order valence-electron chi connectivity index (χ3n) is 4.71. The molecule has 0 amide bonds. The molecule has 2 aromatic carbocycles. The van der Waals surface area contributed by atoms with Crippen molar-refractivity contribution in [3.05, 3.63) is 58.1 Å². The number of hydrogen-bond acceptors (Lipinski definition) is 5. The maximum Gasteiger partial charge on any atom is 0.339 e. The lowest BCUT2D eigenvalue weighted by Crippen LogP contribution is -2.38. The van der Waals surface area contributed by atoms with Gasteiger partial charge in [0.15, 0.2) is 0 Å². The summed E-state index contributed by atoms with van der Waals surface area (Å²) in [5.41, 5.74) is 2.99. The summed E-state index contributed by atoms with van der Waals surface area (Å²) in [5, 5.41) is 10.2. The molecule has 1 aliphatic rings. The van der Waals surface area contributed by atoms with Crippen molar-refractivity contribution in [1.82, 2.24) is 4.90 Å². The molecule has 27 heavy (non-hydrogen) atoms. The topological polar surface area (TPSA) is 62.6 Å². The largest absolute Gasteiger partial charge is 0.461 e. The van der Waals surface area contributed by atoms with E-state index >= 15 is 0 Å². The average Bonchev–Trinajstić information content (AvgIpc) is 2.69. The molecule has 0 saturated carbocycles. The van der Waals surface area contributed by atoms with Crippen molar-refractivity contribution in [2.75, 3.05) is 39.5 Å². The highest BCUT2D eigenvalue weighted by atomic mass is 35.5. The molecule has 5 nitrogen and oxygen atoms in total. The highest BCUT2D eigenvalue weighted by Gasteiger charge is 2.19. The first-order chi connectivity index (χ1) is 13.1. The maximum absolute atomic E-state index is 12.5. The minimum absolute atomic E-state index is 0.285. The van der Waals surface area contributed by atoms with E-state index in [0.717, 1.165) is 24.2 Å². The van der Waals surface area contributed by atoms with Crippen molar-refractivity contribution in [2.45, 2.75) is 6.92 Å². The summed E-state index contributed by atoms with van der Waals surface area (Å²) >= 11 is 6.28. The number of nitrogens with zero attached hydrogens (tertiary/aromatic N) is 2. The lowest BCUT2D eigenvalue weighted by atomic mass is 9.93. The van der Waals surface area contributed by atoms with Crippen LogP contribution in [0.5, 0.6) is 0 Å². The second-order valence-corrected chi connectivity index (χ2v) is 6.75. The molecular formula is C21H21ClN2O3. The molecule has 0 spiro atoms. The van der Waals surface area contributed by atoms with Gasteiger partial charge in [-0.15, -0.1) is 0 Å². The molecule has 140 valence electrons. The molecule has 3 rings (SSSR count). The van der Waals surface area contributed by atoms with Crippen LogP contribution in [-0.2, 0) is 9.47 Å². The zero-order valence-corrected chi connectivity index (χ0v) is 16.0. The van der Waals surface area contributed by atoms with Crippen molar-refractivity contribution >= 4 is 17.6 Å². The van der Waals surface area contributed by atoms with Crippen LogP contribution < -0.4 is 0 Å². The Kier molecular flexibility index (Phi) is 6.46. The van der Waals surface area contributed by atoms with E-state index in [4.69, 9.17) is 21.1 Å². The molecule has 0 radical (unpaired) electrons. The van der Waals surface area contributed by atoms with Crippen LogP contribution >= 0.6 is 11.6 Å². The predicted molar refractivity (Wildman–Crippen MR) is 104 cm³/mol. The molecule has 1 heterocycles. The summed E-state index contributed by atoms with van der Waals surface area (Å²) in [6.07, 6.45) is 0. The van der Waals surface area contributed by atoms with Crippen LogP contribution in [-0.4, -0.2) is 50.3 Å². The van der Waals surface area contributed by atoms with E-state index in [0.29, 0.717) is 35.9 Å². The molecule has 0 N–H and O–H groups in total. The number of nitriles is 1. The van der Waals surface area contributed by atoms with Gasteiger partial charge in [-0.2, -0.15) is 5.26 Å². The maximum atomic E-state index is 12.5. The zero-order chi connectivity index (χ0) is 19.2. The van der Waals surface area contributed by atoms with Gasteiger partial charge in [-0.1, -0.05) is 35.9 Å². The van der Waals surface area contributed by atoms with Crippen LogP contribution in [0.3, 0.4) is 0 Å². The first-order valence-corrected chi connectivity index (χ1v) is 9.25. The van der Waals surface area contributed by atoms with E-state index in [1.807, 2.05) is 31.2 Å². The average molecular weight is 385 g/mol. The number of ether oxygens (including phenoxy) is 2. The van der Waals surface area contributed by atoms with Crippen LogP contribution in [0.4, 0.5) is 0 Å². The first-order valence-electron chi connectivity index (χ1n) is 8.87. The highest BCUT2D eigenvalue weighted by Crippen LogP contribution is 2.32. The Bertz CT molecular complexity index is 870. The molecule has 1 aliphatic heterocycles. The van der Waals surface area contributed by atoms with Gasteiger partial charge < -0.3 is 9.47 Å². The number of esters is 1. The Morgan fingerprint density at radius 2 is 1.96 bits per heavy atom. The molecule has 0 unspecified atom stereocenters. The monoisotopic (exact) mass is 384 g/mol. The number of carbonyl (C=O) groups excluding carboxylic acids is 1. The Morgan fingerprint density at radius 1 is 1.22 bits per heavy atom. The van der Waals surface area contributed by atoms with Crippen LogP contribution in [0.25, 0.3) is 11.1 Å². The quantitative estimate of drug-likeness (QED) is 0.736. The third-order valence-corrected chi connectivity index (χ3v) is 5.03. The molecular weight excluding hydrogens is 364 g/mol. The zero-order valence-electron chi connectivity index (χ0n) is 15.2. The van der Waals surface area contributed by atoms with E-state index in [9.17, 15) is 10.1 Å². The lowest BCUT2D eigenvalue weighted by molar-refractivity contribution is 0.0195. The van der Waals surface area contributed by atoms with Gasteiger partial charge in [-0.3, -0.25) is 4.90 Å². The van der Waals surface area contributed by atoms with Gasteiger partial charge in [0.25, 0.3) is 0 Å². The fourth-order valence-electron chi connectivity index (χ4n) is 3.17. The molecule has 0 bridgehead atoms. The third kappa shape index (κ3) is 4.48. The van der Waals surface area contributed by atoms with Crippen LogP contribution in [0, 0.1) is 18.3 Å². The number of rotatable bonds is 5. The Morgan fingerprint density at radius 3 is 2.67 bits per heavy atom. The van der Waals surface area contributed by atoms with Gasteiger partial charge >= 0.3 is 5.97 Å². The fraction of sp³-hybridized carbons (Fsp3) is 0.333. The molecule has 6 heteroatoms. The Balaban J connectivity index is 1.75. The molecule has 2 aromatic rings. The molecule has 0 aliphatic carbocycles. The van der Waals surface area contributed by atoms with Crippen molar-refractivity contribution in [3.8, 4) is 17.2 Å². The molecule has 1 saturated heterocycles. The highest BCUT2D eigenvalue weighted by molar-refractivity contribution is 6.33. The van der Waals surface area contributed by atoms with Crippen LogP contribution in [0.15, 0.2) is 36.4 Å². The van der Waals surface area contributed by atoms with E-state index < -0.39 is 5.97 Å².